The summed E-state index contributed by atoms with van der Waals surface area (Å²) in [6, 6.07) is 0. The van der Waals surface area contributed by atoms with Gasteiger partial charge in [-0.25, -0.2) is 4.98 Å². The van der Waals surface area contributed by atoms with Gasteiger partial charge < -0.3 is 10.0 Å². The van der Waals surface area contributed by atoms with Crippen molar-refractivity contribution < 1.29 is 14.7 Å². The van der Waals surface area contributed by atoms with Crippen molar-refractivity contribution in [2.24, 2.45) is 5.41 Å². The van der Waals surface area contributed by atoms with Crippen LogP contribution in [0, 0.1) is 12.3 Å². The summed E-state index contributed by atoms with van der Waals surface area (Å²) in [5, 5.41) is 9.59. The second-order valence-corrected chi connectivity index (χ2v) is 7.05. The molecule has 1 saturated heterocycles. The van der Waals surface area contributed by atoms with Crippen LogP contribution in [-0.4, -0.2) is 40.0 Å². The number of rotatable bonds is 6. The molecule has 0 saturated carbocycles. The lowest BCUT2D eigenvalue weighted by Crippen LogP contribution is -2.50. The van der Waals surface area contributed by atoms with Crippen LogP contribution in [0.15, 0.2) is 5.51 Å². The highest BCUT2D eigenvalue weighted by Gasteiger charge is 2.42. The van der Waals surface area contributed by atoms with E-state index < -0.39 is 11.4 Å². The summed E-state index contributed by atoms with van der Waals surface area (Å²) < 4.78 is 0. The summed E-state index contributed by atoms with van der Waals surface area (Å²) in [5.74, 6) is -0.695. The summed E-state index contributed by atoms with van der Waals surface area (Å²) in [4.78, 5) is 31.2. The van der Waals surface area contributed by atoms with Gasteiger partial charge in [0, 0.05) is 24.4 Å². The lowest BCUT2D eigenvalue weighted by Gasteiger charge is -2.40. The van der Waals surface area contributed by atoms with E-state index in [1.165, 1.54) is 0 Å². The number of aryl methyl sites for hydroxylation is 2. The van der Waals surface area contributed by atoms with Crippen LogP contribution in [0.4, 0.5) is 0 Å². The molecule has 0 aliphatic carbocycles. The monoisotopic (exact) mass is 324 g/mol. The molecule has 1 N–H and O–H groups in total. The maximum absolute atomic E-state index is 12.4. The Kier molecular flexibility index (Phi) is 5.56. The number of piperidine rings is 1. The van der Waals surface area contributed by atoms with Crippen molar-refractivity contribution in [1.29, 1.82) is 0 Å². The van der Waals surface area contributed by atoms with Gasteiger partial charge in [-0.3, -0.25) is 9.59 Å². The van der Waals surface area contributed by atoms with Crippen LogP contribution in [0.3, 0.4) is 0 Å². The molecule has 0 bridgehead atoms. The van der Waals surface area contributed by atoms with E-state index in [2.05, 4.69) is 4.98 Å². The van der Waals surface area contributed by atoms with Gasteiger partial charge in [-0.2, -0.15) is 0 Å². The summed E-state index contributed by atoms with van der Waals surface area (Å²) in [6.45, 7) is 4.99. The van der Waals surface area contributed by atoms with Crippen LogP contribution in [0.25, 0.3) is 0 Å². The maximum Gasteiger partial charge on any atom is 0.311 e. The highest BCUT2D eigenvalue weighted by Crippen LogP contribution is 2.35. The molecule has 122 valence electrons. The van der Waals surface area contributed by atoms with E-state index >= 15 is 0 Å². The Balaban J connectivity index is 1.97. The van der Waals surface area contributed by atoms with Crippen molar-refractivity contribution in [3.63, 3.8) is 0 Å². The quantitative estimate of drug-likeness (QED) is 0.873. The Morgan fingerprint density at radius 1 is 1.50 bits per heavy atom. The Labute approximate surface area is 135 Å². The number of amides is 1. The van der Waals surface area contributed by atoms with Gasteiger partial charge in [0.1, 0.15) is 0 Å². The minimum atomic E-state index is -0.759. The van der Waals surface area contributed by atoms with Gasteiger partial charge in [0.25, 0.3) is 0 Å². The molecule has 0 spiro atoms. The molecular weight excluding hydrogens is 300 g/mol. The van der Waals surface area contributed by atoms with Crippen molar-refractivity contribution in [3.8, 4) is 0 Å². The average Bonchev–Trinajstić information content (AvgIpc) is 2.90. The van der Waals surface area contributed by atoms with Crippen LogP contribution < -0.4 is 0 Å². The van der Waals surface area contributed by atoms with E-state index in [1.54, 1.807) is 21.7 Å². The molecule has 5 nitrogen and oxygen atoms in total. The third-order valence-electron chi connectivity index (χ3n) is 4.52. The molecule has 1 aliphatic rings. The normalized spacial score (nSPS) is 21.8. The van der Waals surface area contributed by atoms with E-state index in [1.807, 2.05) is 13.8 Å². The number of carboxylic acid groups (broad SMARTS) is 1. The third kappa shape index (κ3) is 3.66. The standard InChI is InChI=1S/C16H24N2O3S/c1-3-7-16(15(20)21)8-4-9-18(10-16)14(19)6-5-13-12(2)17-11-22-13/h11H,3-10H2,1-2H3,(H,20,21)/t16-/m1/s1. The van der Waals surface area contributed by atoms with Crippen molar-refractivity contribution in [3.05, 3.63) is 16.1 Å². The zero-order valence-electron chi connectivity index (χ0n) is 13.3. The second-order valence-electron chi connectivity index (χ2n) is 6.12. The third-order valence-corrected chi connectivity index (χ3v) is 5.52. The topological polar surface area (TPSA) is 70.5 Å². The molecule has 0 aromatic carbocycles. The van der Waals surface area contributed by atoms with Crippen LogP contribution in [-0.2, 0) is 16.0 Å². The number of hydrogen-bond acceptors (Lipinski definition) is 4. The first-order chi connectivity index (χ1) is 10.5. The highest BCUT2D eigenvalue weighted by atomic mass is 32.1. The smallest absolute Gasteiger partial charge is 0.311 e. The molecule has 1 aromatic heterocycles. The molecule has 0 radical (unpaired) electrons. The zero-order valence-corrected chi connectivity index (χ0v) is 14.1. The lowest BCUT2D eigenvalue weighted by atomic mass is 9.76. The van der Waals surface area contributed by atoms with Gasteiger partial charge in [0.15, 0.2) is 0 Å². The minimum absolute atomic E-state index is 0.0641. The first-order valence-electron chi connectivity index (χ1n) is 7.88. The molecule has 1 aliphatic heterocycles. The summed E-state index contributed by atoms with van der Waals surface area (Å²) in [6.07, 6.45) is 4.05. The number of thiazole rings is 1. The van der Waals surface area contributed by atoms with E-state index in [9.17, 15) is 14.7 Å². The number of carboxylic acids is 1. The Hall–Kier alpha value is -1.43. The first kappa shape index (κ1) is 16.9. The fraction of sp³-hybridized carbons (Fsp3) is 0.688. The maximum atomic E-state index is 12.4. The molecule has 1 aromatic rings. The van der Waals surface area contributed by atoms with Gasteiger partial charge in [-0.15, -0.1) is 11.3 Å². The number of nitrogens with zero attached hydrogens (tertiary/aromatic N) is 2. The summed E-state index contributed by atoms with van der Waals surface area (Å²) in [5.41, 5.74) is 2.04. The highest BCUT2D eigenvalue weighted by molar-refractivity contribution is 7.09. The molecule has 1 atom stereocenters. The molecule has 2 heterocycles. The van der Waals surface area contributed by atoms with Crippen molar-refractivity contribution in [1.82, 2.24) is 9.88 Å². The van der Waals surface area contributed by atoms with Gasteiger partial charge in [-0.1, -0.05) is 13.3 Å². The fourth-order valence-electron chi connectivity index (χ4n) is 3.25. The predicted molar refractivity (Wildman–Crippen MR) is 86.0 cm³/mol. The predicted octanol–water partition coefficient (Wildman–Crippen LogP) is 2.88. The molecule has 1 amide bonds. The van der Waals surface area contributed by atoms with Crippen molar-refractivity contribution in [2.75, 3.05) is 13.1 Å². The zero-order chi connectivity index (χ0) is 16.2. The van der Waals surface area contributed by atoms with Crippen molar-refractivity contribution >= 4 is 23.2 Å². The van der Waals surface area contributed by atoms with E-state index in [0.717, 1.165) is 23.4 Å². The molecule has 22 heavy (non-hydrogen) atoms. The number of carbonyl (C=O) groups is 2. The number of likely N-dealkylation sites (tertiary alicyclic amines) is 1. The Morgan fingerprint density at radius 3 is 2.86 bits per heavy atom. The van der Waals surface area contributed by atoms with E-state index in [-0.39, 0.29) is 5.91 Å². The van der Waals surface area contributed by atoms with Gasteiger partial charge in [0.05, 0.1) is 16.6 Å². The SMILES string of the molecule is CCC[C@@]1(C(=O)O)CCCN(C(=O)CCc2scnc2C)C1. The van der Waals surface area contributed by atoms with Gasteiger partial charge >= 0.3 is 5.97 Å². The Morgan fingerprint density at radius 2 is 2.27 bits per heavy atom. The first-order valence-corrected chi connectivity index (χ1v) is 8.76. The molecule has 6 heteroatoms. The average molecular weight is 324 g/mol. The van der Waals surface area contributed by atoms with Crippen LogP contribution >= 0.6 is 11.3 Å². The largest absolute Gasteiger partial charge is 0.481 e. The van der Waals surface area contributed by atoms with Gasteiger partial charge in [0.2, 0.25) is 5.91 Å². The number of hydrogen-bond donors (Lipinski definition) is 1. The molecule has 1 fully saturated rings. The second kappa shape index (κ2) is 7.22. The van der Waals surface area contributed by atoms with E-state index in [4.69, 9.17) is 0 Å². The van der Waals surface area contributed by atoms with Gasteiger partial charge in [-0.05, 0) is 32.6 Å². The van der Waals surface area contributed by atoms with Crippen molar-refractivity contribution in [2.45, 2.75) is 52.4 Å². The molecule has 2 rings (SSSR count). The van der Waals surface area contributed by atoms with Crippen LogP contribution in [0.2, 0.25) is 0 Å². The van der Waals surface area contributed by atoms with Crippen LogP contribution in [0.5, 0.6) is 0 Å². The number of aromatic nitrogens is 1. The Bertz CT molecular complexity index is 539. The molecular formula is C16H24N2O3S. The lowest BCUT2D eigenvalue weighted by molar-refractivity contribution is -0.155. The minimum Gasteiger partial charge on any atom is -0.481 e. The fourth-order valence-corrected chi connectivity index (χ4v) is 4.03. The summed E-state index contributed by atoms with van der Waals surface area (Å²) >= 11 is 1.58. The van der Waals surface area contributed by atoms with E-state index in [0.29, 0.717) is 38.8 Å². The molecule has 0 unspecified atom stereocenters. The number of carbonyl (C=O) groups excluding carboxylic acids is 1. The van der Waals surface area contributed by atoms with Crippen LogP contribution in [0.1, 0.15) is 49.6 Å². The number of aliphatic carboxylic acids is 1. The summed E-state index contributed by atoms with van der Waals surface area (Å²) in [7, 11) is 0.